The van der Waals surface area contributed by atoms with Gasteiger partial charge < -0.3 is 30.7 Å². The van der Waals surface area contributed by atoms with Gasteiger partial charge in [-0.25, -0.2) is 9.59 Å². The number of benzene rings is 1. The number of halogens is 1. The minimum absolute atomic E-state index is 0.0472. The van der Waals surface area contributed by atoms with Gasteiger partial charge in [-0.15, -0.1) is 23.4 Å². The van der Waals surface area contributed by atoms with Crippen LogP contribution in [0.15, 0.2) is 29.5 Å². The Balaban J connectivity index is 1.83. The summed E-state index contributed by atoms with van der Waals surface area (Å²) in [6, 6.07) is 1.13. The number of carbonyl (C=O) groups is 4. The molecule has 0 saturated carbocycles. The van der Waals surface area contributed by atoms with Gasteiger partial charge in [0, 0.05) is 11.6 Å². The Bertz CT molecular complexity index is 1070. The zero-order chi connectivity index (χ0) is 25.4. The predicted molar refractivity (Wildman–Crippen MR) is 122 cm³/mol. The van der Waals surface area contributed by atoms with Gasteiger partial charge in [0.2, 0.25) is 5.91 Å². The van der Waals surface area contributed by atoms with E-state index < -0.39 is 58.4 Å². The number of alkyl halides is 1. The first kappa shape index (κ1) is 25.5. The van der Waals surface area contributed by atoms with E-state index in [-0.39, 0.29) is 22.9 Å². The second kappa shape index (κ2) is 9.63. The molecule has 1 fully saturated rings. The zero-order valence-corrected chi connectivity index (χ0v) is 20.1. The van der Waals surface area contributed by atoms with Gasteiger partial charge >= 0.3 is 12.1 Å². The summed E-state index contributed by atoms with van der Waals surface area (Å²) in [6.45, 7) is 4.91. The lowest BCUT2D eigenvalue weighted by molar-refractivity contribution is -0.151. The zero-order valence-electron chi connectivity index (χ0n) is 18.5. The van der Waals surface area contributed by atoms with Gasteiger partial charge in [0.25, 0.3) is 5.91 Å². The number of rotatable bonds is 6. The van der Waals surface area contributed by atoms with Crippen molar-refractivity contribution in [1.29, 1.82) is 0 Å². The highest BCUT2D eigenvalue weighted by Crippen LogP contribution is 2.40. The Morgan fingerprint density at radius 3 is 2.50 bits per heavy atom. The Morgan fingerprint density at radius 2 is 1.94 bits per heavy atom. The number of β-lactam (4-membered cyclic amide) rings is 1. The molecule has 2 aliphatic heterocycles. The maximum Gasteiger partial charge on any atom is 0.408 e. The van der Waals surface area contributed by atoms with Crippen molar-refractivity contribution >= 4 is 47.2 Å². The third-order valence-corrected chi connectivity index (χ3v) is 6.63. The standard InChI is InChI=1S/C21H24ClN3O8S/c1-21(2,3)33-20(32)24-13(9-4-5-11(26)12(27)6-9)16(28)23-14-17(29)25-15(19(30)31)10(7-22)8-34-18(14)25/h4-6,13-14,18,26-27H,7-8H2,1-3H3,(H,23,28)(H,24,32)(H,30,31)/t13?,14-,18+/m1/s1. The van der Waals surface area contributed by atoms with Crippen LogP contribution in [0, 0.1) is 0 Å². The van der Waals surface area contributed by atoms with Crippen molar-refractivity contribution in [2.24, 2.45) is 0 Å². The van der Waals surface area contributed by atoms with Gasteiger partial charge in [0.05, 0.1) is 0 Å². The Kier molecular flexibility index (Phi) is 7.22. The van der Waals surface area contributed by atoms with E-state index in [0.29, 0.717) is 5.57 Å². The molecule has 34 heavy (non-hydrogen) atoms. The predicted octanol–water partition coefficient (Wildman–Crippen LogP) is 1.64. The number of hydrogen-bond acceptors (Lipinski definition) is 8. The molecule has 0 aromatic heterocycles. The molecule has 13 heteroatoms. The highest BCUT2D eigenvalue weighted by Gasteiger charge is 2.54. The molecular weight excluding hydrogens is 490 g/mol. The number of aliphatic carboxylic acids is 1. The van der Waals surface area contributed by atoms with Crippen molar-refractivity contribution in [3.63, 3.8) is 0 Å². The molecule has 1 saturated heterocycles. The molecule has 3 amide bonds. The maximum absolute atomic E-state index is 13.1. The van der Waals surface area contributed by atoms with Gasteiger partial charge in [0.15, 0.2) is 11.5 Å². The van der Waals surface area contributed by atoms with E-state index >= 15 is 0 Å². The average Bonchev–Trinajstić information content (AvgIpc) is 2.75. The van der Waals surface area contributed by atoms with Crippen LogP contribution in [-0.2, 0) is 19.1 Å². The van der Waals surface area contributed by atoms with Crippen LogP contribution in [-0.4, -0.2) is 72.7 Å². The maximum atomic E-state index is 13.1. The molecule has 3 rings (SSSR count). The number of nitrogens with zero attached hydrogens (tertiary/aromatic N) is 1. The lowest BCUT2D eigenvalue weighted by Crippen LogP contribution is -2.71. The minimum atomic E-state index is -1.38. The summed E-state index contributed by atoms with van der Waals surface area (Å²) in [6.07, 6.45) is -0.920. The van der Waals surface area contributed by atoms with Gasteiger partial charge in [-0.3, -0.25) is 14.5 Å². The number of phenols is 2. The van der Waals surface area contributed by atoms with Crippen LogP contribution in [0.25, 0.3) is 0 Å². The Labute approximate surface area is 204 Å². The van der Waals surface area contributed by atoms with Crippen molar-refractivity contribution < 1.29 is 39.2 Å². The van der Waals surface area contributed by atoms with Gasteiger partial charge in [0.1, 0.15) is 28.8 Å². The number of carboxylic acid groups (broad SMARTS) is 1. The number of hydrogen-bond donors (Lipinski definition) is 5. The highest BCUT2D eigenvalue weighted by molar-refractivity contribution is 8.00. The van der Waals surface area contributed by atoms with Crippen molar-refractivity contribution in [3.8, 4) is 11.5 Å². The smallest absolute Gasteiger partial charge is 0.408 e. The fourth-order valence-electron chi connectivity index (χ4n) is 3.47. The summed E-state index contributed by atoms with van der Waals surface area (Å²) < 4.78 is 5.21. The summed E-state index contributed by atoms with van der Waals surface area (Å²) >= 11 is 7.07. The van der Waals surface area contributed by atoms with E-state index in [0.717, 1.165) is 17.0 Å². The molecule has 1 aromatic carbocycles. The molecule has 11 nitrogen and oxygen atoms in total. The summed E-state index contributed by atoms with van der Waals surface area (Å²) in [5.41, 5.74) is -0.529. The summed E-state index contributed by atoms with van der Waals surface area (Å²) in [5, 5.41) is 33.2. The molecule has 0 radical (unpaired) electrons. The number of carbonyl (C=O) groups excluding carboxylic acids is 3. The number of amides is 3. The molecule has 3 atom stereocenters. The SMILES string of the molecule is CC(C)(C)OC(=O)NC(C(=O)N[C@@H]1C(=O)N2C(C(=O)O)=C(CCl)CS[C@@H]12)c1ccc(O)c(O)c1. The number of ether oxygens (including phenoxy) is 1. The highest BCUT2D eigenvalue weighted by atomic mass is 35.5. The van der Waals surface area contributed by atoms with Crippen LogP contribution in [0.5, 0.6) is 11.5 Å². The van der Waals surface area contributed by atoms with E-state index in [1.165, 1.54) is 17.8 Å². The summed E-state index contributed by atoms with van der Waals surface area (Å²) in [4.78, 5) is 51.0. The Hall–Kier alpha value is -3.12. The molecule has 1 aromatic rings. The van der Waals surface area contributed by atoms with Gasteiger partial charge in [-0.2, -0.15) is 0 Å². The van der Waals surface area contributed by atoms with E-state index in [1.807, 2.05) is 0 Å². The molecular formula is C21H24ClN3O8S. The number of carboxylic acids is 1. The largest absolute Gasteiger partial charge is 0.504 e. The lowest BCUT2D eigenvalue weighted by atomic mass is 10.0. The first-order chi connectivity index (χ1) is 15.8. The molecule has 2 aliphatic rings. The quantitative estimate of drug-likeness (QED) is 0.216. The molecule has 1 unspecified atom stereocenters. The number of thioether (sulfide) groups is 1. The van der Waals surface area contributed by atoms with Crippen LogP contribution in [0.3, 0.4) is 0 Å². The average molecular weight is 514 g/mol. The topological polar surface area (TPSA) is 166 Å². The third kappa shape index (κ3) is 5.17. The van der Waals surface area contributed by atoms with Crippen molar-refractivity contribution in [1.82, 2.24) is 15.5 Å². The fourth-order valence-corrected chi connectivity index (χ4v) is 5.15. The molecule has 0 bridgehead atoms. The van der Waals surface area contributed by atoms with Crippen molar-refractivity contribution in [2.75, 3.05) is 11.6 Å². The van der Waals surface area contributed by atoms with Crippen LogP contribution < -0.4 is 10.6 Å². The monoisotopic (exact) mass is 513 g/mol. The lowest BCUT2D eigenvalue weighted by Gasteiger charge is -2.49. The van der Waals surface area contributed by atoms with Crippen LogP contribution >= 0.6 is 23.4 Å². The van der Waals surface area contributed by atoms with E-state index in [9.17, 15) is 34.5 Å². The number of aromatic hydroxyl groups is 2. The summed E-state index contributed by atoms with van der Waals surface area (Å²) in [7, 11) is 0. The summed E-state index contributed by atoms with van der Waals surface area (Å²) in [5.74, 6) is -3.42. The van der Waals surface area contributed by atoms with E-state index in [1.54, 1.807) is 20.8 Å². The molecule has 0 aliphatic carbocycles. The fraction of sp³-hybridized carbons (Fsp3) is 0.429. The number of fused-ring (bicyclic) bond motifs is 1. The second-order valence-corrected chi connectivity index (χ2v) is 9.99. The Morgan fingerprint density at radius 1 is 1.26 bits per heavy atom. The third-order valence-electron chi connectivity index (χ3n) is 4.96. The number of phenolic OH excluding ortho intramolecular Hbond substituents is 2. The van der Waals surface area contributed by atoms with Crippen LogP contribution in [0.2, 0.25) is 0 Å². The first-order valence-electron chi connectivity index (χ1n) is 10.1. The first-order valence-corrected chi connectivity index (χ1v) is 11.7. The molecule has 184 valence electrons. The van der Waals surface area contributed by atoms with Crippen LogP contribution in [0.1, 0.15) is 32.4 Å². The van der Waals surface area contributed by atoms with E-state index in [2.05, 4.69) is 10.6 Å². The normalized spacial score (nSPS) is 20.7. The molecule has 5 N–H and O–H groups in total. The minimum Gasteiger partial charge on any atom is -0.504 e. The van der Waals surface area contributed by atoms with E-state index in [4.69, 9.17) is 16.3 Å². The van der Waals surface area contributed by atoms with Gasteiger partial charge in [-0.1, -0.05) is 6.07 Å². The molecule has 2 heterocycles. The van der Waals surface area contributed by atoms with Crippen LogP contribution in [0.4, 0.5) is 4.79 Å². The second-order valence-electron chi connectivity index (χ2n) is 8.61. The molecule has 0 spiro atoms. The van der Waals surface area contributed by atoms with Crippen molar-refractivity contribution in [3.05, 3.63) is 35.0 Å². The van der Waals surface area contributed by atoms with Gasteiger partial charge in [-0.05, 0) is 44.0 Å². The van der Waals surface area contributed by atoms with Crippen molar-refractivity contribution in [2.45, 2.75) is 43.8 Å². The number of alkyl carbamates (subject to hydrolysis) is 1. The number of nitrogens with one attached hydrogen (secondary N) is 2.